The zero-order valence-corrected chi connectivity index (χ0v) is 20.3. The highest BCUT2D eigenvalue weighted by Crippen LogP contribution is 2.40. The number of hydrogen-bond donors (Lipinski definition) is 1. The second-order valence-electron chi connectivity index (χ2n) is 8.66. The molecule has 1 aliphatic heterocycles. The van der Waals surface area contributed by atoms with Crippen molar-refractivity contribution in [2.24, 2.45) is 0 Å². The molecule has 0 radical (unpaired) electrons. The fraction of sp³-hybridized carbons (Fsp3) is 0.370. The van der Waals surface area contributed by atoms with Crippen molar-refractivity contribution in [3.8, 4) is 11.5 Å². The van der Waals surface area contributed by atoms with E-state index in [1.165, 1.54) is 11.8 Å². The summed E-state index contributed by atoms with van der Waals surface area (Å²) in [4.78, 5) is 39.0. The number of unbranched alkanes of at least 4 members (excludes halogenated alkanes) is 1. The maximum atomic E-state index is 13.1. The van der Waals surface area contributed by atoms with Gasteiger partial charge in [-0.2, -0.15) is 0 Å². The van der Waals surface area contributed by atoms with Crippen LogP contribution in [0.5, 0.6) is 11.5 Å². The van der Waals surface area contributed by atoms with E-state index in [-0.39, 0.29) is 17.4 Å². The fourth-order valence-electron chi connectivity index (χ4n) is 4.04. The lowest BCUT2D eigenvalue weighted by Gasteiger charge is -2.25. The molecule has 7 heteroatoms. The predicted molar refractivity (Wildman–Crippen MR) is 129 cm³/mol. The van der Waals surface area contributed by atoms with E-state index in [0.717, 1.165) is 12.0 Å². The van der Waals surface area contributed by atoms with Gasteiger partial charge in [-0.05, 0) is 68.7 Å². The van der Waals surface area contributed by atoms with E-state index in [0.29, 0.717) is 35.6 Å². The first kappa shape index (κ1) is 25.0. The number of ether oxygens (including phenoxy) is 2. The SMILES string of the molecule is CCCCN1C(=O)C(=O)/C(=C(/O)c2ccc(OC(C)C)c(C)c2)C1c1cccc(OC(C)=O)c1. The van der Waals surface area contributed by atoms with Crippen molar-refractivity contribution in [3.05, 3.63) is 64.7 Å². The number of rotatable bonds is 8. The highest BCUT2D eigenvalue weighted by molar-refractivity contribution is 6.46. The van der Waals surface area contributed by atoms with E-state index < -0.39 is 23.7 Å². The van der Waals surface area contributed by atoms with Crippen molar-refractivity contribution < 1.29 is 29.0 Å². The Hall–Kier alpha value is -3.61. The quantitative estimate of drug-likeness (QED) is 0.195. The van der Waals surface area contributed by atoms with E-state index in [1.807, 2.05) is 27.7 Å². The molecule has 34 heavy (non-hydrogen) atoms. The number of benzene rings is 2. The number of esters is 1. The third kappa shape index (κ3) is 5.30. The number of aryl methyl sites for hydroxylation is 1. The maximum Gasteiger partial charge on any atom is 0.308 e. The normalized spacial score (nSPS) is 17.4. The minimum atomic E-state index is -0.797. The molecule has 2 aromatic carbocycles. The van der Waals surface area contributed by atoms with Crippen LogP contribution in [-0.4, -0.2) is 40.3 Å². The maximum absolute atomic E-state index is 13.1. The molecule has 0 spiro atoms. The molecule has 7 nitrogen and oxygen atoms in total. The third-order valence-corrected chi connectivity index (χ3v) is 5.54. The van der Waals surface area contributed by atoms with Crippen molar-refractivity contribution in [2.75, 3.05) is 6.54 Å². The van der Waals surface area contributed by atoms with Crippen LogP contribution in [0.4, 0.5) is 0 Å². The van der Waals surface area contributed by atoms with Crippen molar-refractivity contribution in [1.29, 1.82) is 0 Å². The number of amides is 1. The summed E-state index contributed by atoms with van der Waals surface area (Å²) in [6.07, 6.45) is 1.53. The summed E-state index contributed by atoms with van der Waals surface area (Å²) in [5.41, 5.74) is 1.81. The number of likely N-dealkylation sites (tertiary alicyclic amines) is 1. The van der Waals surface area contributed by atoms with Gasteiger partial charge in [0.25, 0.3) is 11.7 Å². The summed E-state index contributed by atoms with van der Waals surface area (Å²) in [5.74, 6) is -1.14. The third-order valence-electron chi connectivity index (χ3n) is 5.54. The van der Waals surface area contributed by atoms with Crippen molar-refractivity contribution in [3.63, 3.8) is 0 Å². The van der Waals surface area contributed by atoms with Crippen LogP contribution in [0.25, 0.3) is 5.76 Å². The molecule has 1 atom stereocenters. The highest BCUT2D eigenvalue weighted by atomic mass is 16.5. The Morgan fingerprint density at radius 3 is 2.50 bits per heavy atom. The molecule has 1 fully saturated rings. The predicted octanol–water partition coefficient (Wildman–Crippen LogP) is 4.93. The van der Waals surface area contributed by atoms with Gasteiger partial charge in [0.05, 0.1) is 17.7 Å². The molecular weight excluding hydrogens is 434 g/mol. The Bertz CT molecular complexity index is 1130. The van der Waals surface area contributed by atoms with Crippen molar-refractivity contribution in [2.45, 2.75) is 59.6 Å². The lowest BCUT2D eigenvalue weighted by atomic mass is 9.94. The van der Waals surface area contributed by atoms with Crippen molar-refractivity contribution in [1.82, 2.24) is 4.90 Å². The first-order valence-electron chi connectivity index (χ1n) is 11.5. The van der Waals surface area contributed by atoms with Crippen LogP contribution >= 0.6 is 0 Å². The summed E-state index contributed by atoms with van der Waals surface area (Å²) >= 11 is 0. The molecule has 1 N–H and O–H groups in total. The minimum Gasteiger partial charge on any atom is -0.507 e. The molecule has 3 rings (SSSR count). The summed E-state index contributed by atoms with van der Waals surface area (Å²) < 4.78 is 11.0. The summed E-state index contributed by atoms with van der Waals surface area (Å²) in [5, 5.41) is 11.2. The highest BCUT2D eigenvalue weighted by Gasteiger charge is 2.45. The van der Waals surface area contributed by atoms with Gasteiger partial charge in [-0.1, -0.05) is 25.5 Å². The number of aliphatic hydroxyl groups is 1. The lowest BCUT2D eigenvalue weighted by Crippen LogP contribution is -2.30. The topological polar surface area (TPSA) is 93.1 Å². The van der Waals surface area contributed by atoms with Crippen LogP contribution in [0, 0.1) is 6.92 Å². The van der Waals surface area contributed by atoms with E-state index in [9.17, 15) is 19.5 Å². The van der Waals surface area contributed by atoms with Crippen LogP contribution in [0.2, 0.25) is 0 Å². The smallest absolute Gasteiger partial charge is 0.308 e. The number of carbonyl (C=O) groups excluding carboxylic acids is 3. The van der Waals surface area contributed by atoms with Crippen LogP contribution in [0.3, 0.4) is 0 Å². The molecule has 1 amide bonds. The summed E-state index contributed by atoms with van der Waals surface area (Å²) in [6, 6.07) is 11.0. The molecule has 0 aliphatic carbocycles. The molecule has 1 aliphatic rings. The standard InChI is InChI=1S/C27H31NO6/c1-6-7-13-28-24(19-9-8-10-21(15-19)34-18(5)29)23(26(31)27(28)32)25(30)20-11-12-22(17(4)14-20)33-16(2)3/h8-12,14-16,24,30H,6-7,13H2,1-5H3/b25-23+. The zero-order valence-electron chi connectivity index (χ0n) is 20.3. The Morgan fingerprint density at radius 2 is 1.88 bits per heavy atom. The molecule has 1 unspecified atom stereocenters. The monoisotopic (exact) mass is 465 g/mol. The van der Waals surface area contributed by atoms with Gasteiger partial charge in [-0.3, -0.25) is 14.4 Å². The Balaban J connectivity index is 2.13. The average Bonchev–Trinajstić information content (AvgIpc) is 3.02. The molecule has 0 aromatic heterocycles. The Morgan fingerprint density at radius 1 is 1.15 bits per heavy atom. The van der Waals surface area contributed by atoms with Gasteiger partial charge >= 0.3 is 5.97 Å². The summed E-state index contributed by atoms with van der Waals surface area (Å²) in [7, 11) is 0. The van der Waals surface area contributed by atoms with Gasteiger partial charge in [0.15, 0.2) is 0 Å². The number of ketones is 1. The van der Waals surface area contributed by atoms with Gasteiger partial charge in [-0.15, -0.1) is 0 Å². The zero-order chi connectivity index (χ0) is 25.0. The van der Waals surface area contributed by atoms with E-state index in [2.05, 4.69) is 0 Å². The number of hydrogen-bond acceptors (Lipinski definition) is 6. The van der Waals surface area contributed by atoms with Gasteiger partial charge in [0.1, 0.15) is 17.3 Å². The Kier molecular flexibility index (Phi) is 7.76. The number of carbonyl (C=O) groups is 3. The molecule has 1 heterocycles. The molecule has 180 valence electrons. The second-order valence-corrected chi connectivity index (χ2v) is 8.66. The van der Waals surface area contributed by atoms with E-state index in [1.54, 1.807) is 42.5 Å². The second kappa shape index (κ2) is 10.5. The van der Waals surface area contributed by atoms with Crippen LogP contribution in [0.1, 0.15) is 63.3 Å². The average molecular weight is 466 g/mol. The fourth-order valence-corrected chi connectivity index (χ4v) is 4.04. The molecule has 0 bridgehead atoms. The number of aliphatic hydroxyl groups excluding tert-OH is 1. The van der Waals surface area contributed by atoms with Crippen LogP contribution < -0.4 is 9.47 Å². The first-order valence-corrected chi connectivity index (χ1v) is 11.5. The van der Waals surface area contributed by atoms with E-state index >= 15 is 0 Å². The van der Waals surface area contributed by atoms with Crippen LogP contribution in [-0.2, 0) is 14.4 Å². The molecule has 0 saturated carbocycles. The molecule has 1 saturated heterocycles. The Labute approximate surface area is 200 Å². The lowest BCUT2D eigenvalue weighted by molar-refractivity contribution is -0.139. The van der Waals surface area contributed by atoms with Crippen molar-refractivity contribution >= 4 is 23.4 Å². The largest absolute Gasteiger partial charge is 0.507 e. The van der Waals surface area contributed by atoms with Crippen LogP contribution in [0.15, 0.2) is 48.0 Å². The van der Waals surface area contributed by atoms with E-state index in [4.69, 9.17) is 9.47 Å². The van der Waals surface area contributed by atoms with Gasteiger partial charge < -0.3 is 19.5 Å². The van der Waals surface area contributed by atoms with Gasteiger partial charge in [0.2, 0.25) is 0 Å². The molecule has 2 aromatic rings. The minimum absolute atomic E-state index is 0.00784. The number of nitrogens with zero attached hydrogens (tertiary/aromatic N) is 1. The van der Waals surface area contributed by atoms with Gasteiger partial charge in [-0.25, -0.2) is 0 Å². The molecular formula is C27H31NO6. The summed E-state index contributed by atoms with van der Waals surface area (Å²) in [6.45, 7) is 9.37. The number of Topliss-reactive ketones (excluding diaryl/α,β-unsaturated/α-hetero) is 1. The first-order chi connectivity index (χ1) is 16.1. The van der Waals surface area contributed by atoms with Gasteiger partial charge in [0, 0.05) is 19.0 Å².